The highest BCUT2D eigenvalue weighted by molar-refractivity contribution is 7.98. The van der Waals surface area contributed by atoms with Crippen LogP contribution in [0.1, 0.15) is 17.1 Å². The minimum absolute atomic E-state index is 0.0271. The number of aromatic nitrogens is 5. The molecule has 2 aromatic heterocycles. The summed E-state index contributed by atoms with van der Waals surface area (Å²) in [5, 5.41) is 20.0. The number of hydrogen-bond acceptors (Lipinski definition) is 8. The van der Waals surface area contributed by atoms with Crippen molar-refractivity contribution in [3.05, 3.63) is 103 Å². The van der Waals surface area contributed by atoms with Gasteiger partial charge < -0.3 is 9.72 Å². The molecule has 2 aromatic carbocycles. The molecule has 4 rings (SSSR count). The molecule has 33 heavy (non-hydrogen) atoms. The van der Waals surface area contributed by atoms with Gasteiger partial charge in [-0.2, -0.15) is 0 Å². The summed E-state index contributed by atoms with van der Waals surface area (Å²) in [5.74, 6) is 1.72. The second-order valence-corrected chi connectivity index (χ2v) is 7.88. The molecule has 0 atom stereocenters. The summed E-state index contributed by atoms with van der Waals surface area (Å²) < 4.78 is 7.06. The SMILES string of the molecule is COc1ccc(-n2c(Cc3cc(=O)[nH]c(=O)[nH]3)nnc2SCc2ccc([N+](=O)[O-])cc2)cc1. The van der Waals surface area contributed by atoms with Crippen LogP contribution in [0, 0.1) is 10.1 Å². The third kappa shape index (κ3) is 5.18. The summed E-state index contributed by atoms with van der Waals surface area (Å²) in [5.41, 5.74) is 0.986. The summed E-state index contributed by atoms with van der Waals surface area (Å²) in [7, 11) is 1.58. The molecule has 0 saturated heterocycles. The van der Waals surface area contributed by atoms with Crippen LogP contribution >= 0.6 is 11.8 Å². The van der Waals surface area contributed by atoms with Crippen molar-refractivity contribution >= 4 is 17.4 Å². The lowest BCUT2D eigenvalue weighted by Crippen LogP contribution is -2.23. The van der Waals surface area contributed by atoms with Crippen molar-refractivity contribution in [1.29, 1.82) is 0 Å². The van der Waals surface area contributed by atoms with Crippen molar-refractivity contribution in [3.63, 3.8) is 0 Å². The number of nitro benzene ring substituents is 1. The van der Waals surface area contributed by atoms with E-state index in [9.17, 15) is 19.7 Å². The second-order valence-electron chi connectivity index (χ2n) is 6.93. The van der Waals surface area contributed by atoms with Gasteiger partial charge in [-0.3, -0.25) is 24.5 Å². The number of nitrogens with zero attached hydrogens (tertiary/aromatic N) is 4. The lowest BCUT2D eigenvalue weighted by molar-refractivity contribution is -0.384. The number of nitro groups is 1. The molecule has 4 aromatic rings. The van der Waals surface area contributed by atoms with E-state index < -0.39 is 16.2 Å². The molecule has 0 aliphatic heterocycles. The number of benzene rings is 2. The van der Waals surface area contributed by atoms with Crippen molar-refractivity contribution in [2.75, 3.05) is 7.11 Å². The molecule has 0 aliphatic rings. The van der Waals surface area contributed by atoms with E-state index in [2.05, 4.69) is 20.2 Å². The van der Waals surface area contributed by atoms with Gasteiger partial charge in [0.1, 0.15) is 11.6 Å². The van der Waals surface area contributed by atoms with Crippen LogP contribution in [0.2, 0.25) is 0 Å². The van der Waals surface area contributed by atoms with Crippen molar-refractivity contribution in [3.8, 4) is 11.4 Å². The molecule has 11 nitrogen and oxygen atoms in total. The average Bonchev–Trinajstić information content (AvgIpc) is 3.19. The van der Waals surface area contributed by atoms with E-state index in [-0.39, 0.29) is 12.1 Å². The van der Waals surface area contributed by atoms with Gasteiger partial charge in [-0.1, -0.05) is 23.9 Å². The Hall–Kier alpha value is -4.19. The fraction of sp³-hybridized carbons (Fsp3) is 0.143. The van der Waals surface area contributed by atoms with Gasteiger partial charge in [0, 0.05) is 41.8 Å². The highest BCUT2D eigenvalue weighted by Gasteiger charge is 2.16. The molecule has 0 radical (unpaired) electrons. The van der Waals surface area contributed by atoms with Gasteiger partial charge in [0.15, 0.2) is 5.16 Å². The van der Waals surface area contributed by atoms with E-state index in [0.29, 0.717) is 28.2 Å². The third-order valence-electron chi connectivity index (χ3n) is 4.71. The fourth-order valence-electron chi connectivity index (χ4n) is 3.15. The molecule has 2 N–H and O–H groups in total. The normalized spacial score (nSPS) is 10.8. The first-order valence-corrected chi connectivity index (χ1v) is 10.7. The number of nitrogens with one attached hydrogen (secondary N) is 2. The molecular weight excluding hydrogens is 448 g/mol. The number of ether oxygens (including phenoxy) is 1. The summed E-state index contributed by atoms with van der Waals surface area (Å²) in [6.07, 6.45) is 0.177. The Morgan fingerprint density at radius 3 is 2.42 bits per heavy atom. The molecule has 0 aliphatic carbocycles. The number of rotatable bonds is 8. The van der Waals surface area contributed by atoms with Gasteiger partial charge >= 0.3 is 5.69 Å². The molecule has 0 unspecified atom stereocenters. The Kier molecular flexibility index (Phi) is 6.36. The zero-order valence-corrected chi connectivity index (χ0v) is 18.2. The van der Waals surface area contributed by atoms with Crippen LogP contribution in [-0.4, -0.2) is 36.8 Å². The topological polar surface area (TPSA) is 149 Å². The standard InChI is InChI=1S/C21H18N6O5S/c1-32-17-8-6-15(7-9-17)26-18(10-14-11-19(28)23-20(29)22-14)24-25-21(26)33-12-13-2-4-16(5-3-13)27(30)31/h2-9,11H,10,12H2,1H3,(H2,22,23,28,29). The third-order valence-corrected chi connectivity index (χ3v) is 5.71. The predicted molar refractivity (Wildman–Crippen MR) is 121 cm³/mol. The molecular formula is C21H18N6O5S. The summed E-state index contributed by atoms with van der Waals surface area (Å²) in [4.78, 5) is 38.5. The maximum absolute atomic E-state index is 11.7. The van der Waals surface area contributed by atoms with Gasteiger partial charge in [-0.05, 0) is 29.8 Å². The maximum atomic E-state index is 11.7. The maximum Gasteiger partial charge on any atom is 0.325 e. The Bertz CT molecular complexity index is 1360. The molecule has 0 spiro atoms. The van der Waals surface area contributed by atoms with Crippen LogP contribution in [0.4, 0.5) is 5.69 Å². The van der Waals surface area contributed by atoms with E-state index in [1.165, 1.54) is 30.0 Å². The minimum Gasteiger partial charge on any atom is -0.497 e. The van der Waals surface area contributed by atoms with Crippen LogP contribution in [-0.2, 0) is 12.2 Å². The Morgan fingerprint density at radius 2 is 1.79 bits per heavy atom. The zero-order valence-electron chi connectivity index (χ0n) is 17.3. The molecule has 0 saturated carbocycles. The first kappa shape index (κ1) is 22.0. The van der Waals surface area contributed by atoms with E-state index in [0.717, 1.165) is 11.3 Å². The predicted octanol–water partition coefficient (Wildman–Crippen LogP) is 2.44. The lowest BCUT2D eigenvalue weighted by Gasteiger charge is -2.11. The highest BCUT2D eigenvalue weighted by atomic mass is 32.2. The zero-order chi connectivity index (χ0) is 23.4. The minimum atomic E-state index is -0.596. The molecule has 0 bridgehead atoms. The van der Waals surface area contributed by atoms with Gasteiger partial charge in [0.05, 0.1) is 12.0 Å². The molecule has 12 heteroatoms. The van der Waals surface area contributed by atoms with Gasteiger partial charge in [-0.15, -0.1) is 10.2 Å². The van der Waals surface area contributed by atoms with Crippen LogP contribution in [0.25, 0.3) is 5.69 Å². The summed E-state index contributed by atoms with van der Waals surface area (Å²) in [6.45, 7) is 0. The largest absolute Gasteiger partial charge is 0.497 e. The number of methoxy groups -OCH3 is 1. The van der Waals surface area contributed by atoms with Crippen LogP contribution in [0.3, 0.4) is 0 Å². The van der Waals surface area contributed by atoms with E-state index >= 15 is 0 Å². The first-order chi connectivity index (χ1) is 15.9. The van der Waals surface area contributed by atoms with Gasteiger partial charge in [0.2, 0.25) is 0 Å². The molecule has 2 heterocycles. The molecule has 0 amide bonds. The number of H-pyrrole nitrogens is 2. The Morgan fingerprint density at radius 1 is 1.06 bits per heavy atom. The van der Waals surface area contributed by atoms with Gasteiger partial charge in [-0.25, -0.2) is 4.79 Å². The Labute approximate surface area is 190 Å². The average molecular weight is 466 g/mol. The van der Waals surface area contributed by atoms with Crippen LogP contribution in [0.5, 0.6) is 5.75 Å². The number of aromatic amines is 2. The number of thioether (sulfide) groups is 1. The monoisotopic (exact) mass is 466 g/mol. The fourth-order valence-corrected chi connectivity index (χ4v) is 4.07. The van der Waals surface area contributed by atoms with Crippen molar-refractivity contribution in [2.24, 2.45) is 0 Å². The van der Waals surface area contributed by atoms with Crippen LogP contribution < -0.4 is 16.0 Å². The van der Waals surface area contributed by atoms with Crippen molar-refractivity contribution in [1.82, 2.24) is 24.7 Å². The highest BCUT2D eigenvalue weighted by Crippen LogP contribution is 2.27. The van der Waals surface area contributed by atoms with Gasteiger partial charge in [0.25, 0.3) is 11.2 Å². The first-order valence-electron chi connectivity index (χ1n) is 9.70. The van der Waals surface area contributed by atoms with E-state index in [4.69, 9.17) is 4.74 Å². The van der Waals surface area contributed by atoms with Crippen molar-refractivity contribution in [2.45, 2.75) is 17.3 Å². The number of non-ortho nitro benzene ring substituents is 1. The smallest absolute Gasteiger partial charge is 0.325 e. The number of hydrogen-bond donors (Lipinski definition) is 2. The molecule has 168 valence electrons. The van der Waals surface area contributed by atoms with Crippen LogP contribution in [0.15, 0.2) is 69.3 Å². The van der Waals surface area contributed by atoms with Crippen molar-refractivity contribution < 1.29 is 9.66 Å². The van der Waals surface area contributed by atoms with E-state index in [1.54, 1.807) is 31.4 Å². The quantitative estimate of drug-likeness (QED) is 0.228. The lowest BCUT2D eigenvalue weighted by atomic mass is 10.2. The molecule has 0 fully saturated rings. The van der Waals surface area contributed by atoms with E-state index in [1.807, 2.05) is 16.7 Å². The second kappa shape index (κ2) is 9.53. The Balaban J connectivity index is 1.66. The summed E-state index contributed by atoms with van der Waals surface area (Å²) >= 11 is 1.41. The summed E-state index contributed by atoms with van der Waals surface area (Å²) in [6, 6.07) is 14.9.